The summed E-state index contributed by atoms with van der Waals surface area (Å²) in [6, 6.07) is 2.01. The van der Waals surface area contributed by atoms with E-state index in [0.717, 1.165) is 43.3 Å². The second kappa shape index (κ2) is 9.73. The van der Waals surface area contributed by atoms with E-state index in [-0.39, 0.29) is 29.6 Å². The Labute approximate surface area is 179 Å². The number of carbonyl (C=O) groups excluding carboxylic acids is 2. The molecule has 2 amide bonds. The van der Waals surface area contributed by atoms with Crippen molar-refractivity contribution >= 4 is 17.6 Å². The zero-order valence-corrected chi connectivity index (χ0v) is 18.9. The molecule has 1 aromatic rings. The topological polar surface area (TPSA) is 78.9 Å². The summed E-state index contributed by atoms with van der Waals surface area (Å²) in [5, 5.41) is 0. The van der Waals surface area contributed by atoms with E-state index in [1.807, 2.05) is 48.7 Å². The number of ether oxygens (including phenoxy) is 1. The van der Waals surface area contributed by atoms with Gasteiger partial charge in [-0.1, -0.05) is 13.8 Å². The van der Waals surface area contributed by atoms with Crippen LogP contribution in [0.5, 0.6) is 0 Å². The van der Waals surface area contributed by atoms with E-state index in [0.29, 0.717) is 26.1 Å². The Bertz CT molecular complexity index is 759. The quantitative estimate of drug-likeness (QED) is 0.674. The van der Waals surface area contributed by atoms with Crippen LogP contribution in [-0.4, -0.2) is 85.6 Å². The highest BCUT2D eigenvalue weighted by molar-refractivity contribution is 5.79. The van der Waals surface area contributed by atoms with Gasteiger partial charge in [0.05, 0.1) is 12.3 Å². The fourth-order valence-electron chi connectivity index (χ4n) is 4.20. The summed E-state index contributed by atoms with van der Waals surface area (Å²) >= 11 is 0. The molecule has 2 saturated heterocycles. The highest BCUT2D eigenvalue weighted by atomic mass is 16.5. The average Bonchev–Trinajstić information content (AvgIpc) is 3.12. The van der Waals surface area contributed by atoms with Crippen LogP contribution in [0.3, 0.4) is 0 Å². The molecule has 0 bridgehead atoms. The molecule has 1 aromatic heterocycles. The molecule has 0 aromatic carbocycles. The predicted octanol–water partition coefficient (Wildman–Crippen LogP) is 1.87. The maximum atomic E-state index is 12.4. The summed E-state index contributed by atoms with van der Waals surface area (Å²) in [5.74, 6) is 2.44. The van der Waals surface area contributed by atoms with Gasteiger partial charge >= 0.3 is 0 Å². The first-order chi connectivity index (χ1) is 14.3. The van der Waals surface area contributed by atoms with Crippen LogP contribution in [0.2, 0.25) is 0 Å². The van der Waals surface area contributed by atoms with Gasteiger partial charge in [0.2, 0.25) is 11.8 Å². The van der Waals surface area contributed by atoms with Crippen LogP contribution in [0, 0.1) is 5.92 Å². The summed E-state index contributed by atoms with van der Waals surface area (Å²) in [6.07, 6.45) is 2.23. The average molecular weight is 418 g/mol. The Kier molecular flexibility index (Phi) is 7.28. The Balaban J connectivity index is 1.76. The van der Waals surface area contributed by atoms with Crippen molar-refractivity contribution < 1.29 is 14.3 Å². The van der Waals surface area contributed by atoms with Crippen LogP contribution in [0.4, 0.5) is 5.82 Å². The first kappa shape index (κ1) is 22.5. The van der Waals surface area contributed by atoms with Crippen molar-refractivity contribution in [1.29, 1.82) is 0 Å². The molecule has 0 radical (unpaired) electrons. The van der Waals surface area contributed by atoms with Gasteiger partial charge in [0, 0.05) is 77.6 Å². The van der Waals surface area contributed by atoms with Gasteiger partial charge in [-0.15, -0.1) is 0 Å². The fourth-order valence-corrected chi connectivity index (χ4v) is 4.20. The molecule has 2 aliphatic rings. The summed E-state index contributed by atoms with van der Waals surface area (Å²) in [5.41, 5.74) is 0.942. The van der Waals surface area contributed by atoms with Gasteiger partial charge in [0.25, 0.3) is 0 Å². The number of hydrogen-bond donors (Lipinski definition) is 0. The second-order valence-electron chi connectivity index (χ2n) is 8.89. The molecule has 2 fully saturated rings. The molecule has 8 heteroatoms. The van der Waals surface area contributed by atoms with Crippen molar-refractivity contribution in [3.8, 4) is 0 Å². The summed E-state index contributed by atoms with van der Waals surface area (Å²) in [4.78, 5) is 40.2. The van der Waals surface area contributed by atoms with Crippen molar-refractivity contribution in [2.45, 2.75) is 44.9 Å². The van der Waals surface area contributed by atoms with Crippen LogP contribution in [0.25, 0.3) is 0 Å². The van der Waals surface area contributed by atoms with Crippen LogP contribution in [0.1, 0.15) is 56.5 Å². The number of likely N-dealkylation sites (tertiary alicyclic amines) is 2. The van der Waals surface area contributed by atoms with E-state index < -0.39 is 0 Å². The van der Waals surface area contributed by atoms with E-state index in [9.17, 15) is 9.59 Å². The van der Waals surface area contributed by atoms with Crippen LogP contribution in [0.15, 0.2) is 6.07 Å². The summed E-state index contributed by atoms with van der Waals surface area (Å²) in [7, 11) is 5.60. The molecule has 30 heavy (non-hydrogen) atoms. The molecule has 0 N–H and O–H groups in total. The second-order valence-corrected chi connectivity index (χ2v) is 8.89. The molecule has 2 aliphatic heterocycles. The molecule has 3 heterocycles. The molecule has 0 spiro atoms. The highest BCUT2D eigenvalue weighted by Crippen LogP contribution is 2.32. The number of amides is 2. The maximum absolute atomic E-state index is 12.4. The number of rotatable bonds is 7. The summed E-state index contributed by atoms with van der Waals surface area (Å²) < 4.78 is 5.13. The van der Waals surface area contributed by atoms with E-state index in [4.69, 9.17) is 14.7 Å². The maximum Gasteiger partial charge on any atom is 0.225 e. The van der Waals surface area contributed by atoms with Gasteiger partial charge in [-0.3, -0.25) is 9.59 Å². The minimum Gasteiger partial charge on any atom is -0.383 e. The van der Waals surface area contributed by atoms with E-state index in [1.165, 1.54) is 0 Å². The lowest BCUT2D eigenvalue weighted by atomic mass is 9.94. The molecule has 1 atom stereocenters. The molecule has 166 valence electrons. The van der Waals surface area contributed by atoms with Crippen molar-refractivity contribution in [1.82, 2.24) is 19.8 Å². The van der Waals surface area contributed by atoms with Crippen LogP contribution < -0.4 is 4.90 Å². The third kappa shape index (κ3) is 5.09. The van der Waals surface area contributed by atoms with Gasteiger partial charge in [-0.2, -0.15) is 0 Å². The lowest BCUT2D eigenvalue weighted by molar-refractivity contribution is -0.135. The normalized spacial score (nSPS) is 20.3. The molecule has 8 nitrogen and oxygen atoms in total. The smallest absolute Gasteiger partial charge is 0.225 e. The Hall–Kier alpha value is -2.22. The van der Waals surface area contributed by atoms with Crippen molar-refractivity contribution in [3.63, 3.8) is 0 Å². The molecule has 1 unspecified atom stereocenters. The molecule has 3 rings (SSSR count). The number of piperidine rings is 1. The summed E-state index contributed by atoms with van der Waals surface area (Å²) in [6.45, 7) is 7.23. The highest BCUT2D eigenvalue weighted by Gasteiger charge is 2.33. The van der Waals surface area contributed by atoms with E-state index in [2.05, 4.69) is 0 Å². The van der Waals surface area contributed by atoms with Gasteiger partial charge in [-0.25, -0.2) is 9.97 Å². The van der Waals surface area contributed by atoms with E-state index >= 15 is 0 Å². The first-order valence-electron chi connectivity index (χ1n) is 10.9. The third-order valence-corrected chi connectivity index (χ3v) is 6.07. The zero-order chi connectivity index (χ0) is 21.8. The number of hydrogen-bond acceptors (Lipinski definition) is 6. The SMILES string of the molecule is COCCN1CC(c2cc(N(C)C)nc(C3CCN(C(=O)C(C)C)CC3)n2)CC1=O. The Morgan fingerprint density at radius 3 is 2.53 bits per heavy atom. The predicted molar refractivity (Wildman–Crippen MR) is 116 cm³/mol. The van der Waals surface area contributed by atoms with Crippen LogP contribution in [-0.2, 0) is 14.3 Å². The Morgan fingerprint density at radius 2 is 1.93 bits per heavy atom. The lowest BCUT2D eigenvalue weighted by Crippen LogP contribution is -2.40. The monoisotopic (exact) mass is 417 g/mol. The molecular weight excluding hydrogens is 382 g/mol. The minimum absolute atomic E-state index is 0.0300. The number of carbonyl (C=O) groups is 2. The number of nitrogens with zero attached hydrogens (tertiary/aromatic N) is 5. The minimum atomic E-state index is 0.0300. The van der Waals surface area contributed by atoms with Gasteiger partial charge in [0.15, 0.2) is 0 Å². The van der Waals surface area contributed by atoms with Crippen molar-refractivity contribution in [2.24, 2.45) is 5.92 Å². The third-order valence-electron chi connectivity index (χ3n) is 6.07. The number of aromatic nitrogens is 2. The van der Waals surface area contributed by atoms with Gasteiger partial charge in [0.1, 0.15) is 11.6 Å². The zero-order valence-electron chi connectivity index (χ0n) is 18.9. The Morgan fingerprint density at radius 1 is 1.23 bits per heavy atom. The van der Waals surface area contributed by atoms with E-state index in [1.54, 1.807) is 7.11 Å². The molecule has 0 saturated carbocycles. The fraction of sp³-hybridized carbons (Fsp3) is 0.727. The van der Waals surface area contributed by atoms with Gasteiger partial charge in [-0.05, 0) is 12.8 Å². The lowest BCUT2D eigenvalue weighted by Gasteiger charge is -2.33. The molecular formula is C22H35N5O3. The van der Waals surface area contributed by atoms with Crippen molar-refractivity contribution in [3.05, 3.63) is 17.6 Å². The number of anilines is 1. The van der Waals surface area contributed by atoms with Crippen molar-refractivity contribution in [2.75, 3.05) is 58.9 Å². The first-order valence-corrected chi connectivity index (χ1v) is 10.9. The standard InChI is InChI=1S/C22H35N5O3/c1-15(2)22(29)26-8-6-16(7-9-26)21-23-18(13-19(24-21)25(3)4)17-12-20(28)27(14-17)10-11-30-5/h13,15-17H,6-12,14H2,1-5H3. The molecule has 0 aliphatic carbocycles. The van der Waals surface area contributed by atoms with Gasteiger partial charge < -0.3 is 19.4 Å². The largest absolute Gasteiger partial charge is 0.383 e. The van der Waals surface area contributed by atoms with Crippen LogP contribution >= 0.6 is 0 Å². The number of methoxy groups -OCH3 is 1.